The van der Waals surface area contributed by atoms with Crippen LogP contribution in [0.25, 0.3) is 0 Å². The number of piperazine rings is 1. The van der Waals surface area contributed by atoms with Crippen molar-refractivity contribution in [2.24, 2.45) is 0 Å². The standard InChI is InChI=1S/C16H27N3.3C4H4O4/c1-17(2)16(15-7-5-4-6-8-15)9-10-19-13-11-18(3)12-14-19;3*5-3(6)1-2-4(7)8/h4-8,16H,9-14H2,1-3H3;3*1-2H,(H,5,6)(H,7,8). The summed E-state index contributed by atoms with van der Waals surface area (Å²) in [5.74, 6) is -7.54. The lowest BCUT2D eigenvalue weighted by Crippen LogP contribution is -2.45. The van der Waals surface area contributed by atoms with Gasteiger partial charge in [0.05, 0.1) is 0 Å². The average Bonchev–Trinajstić information content (AvgIpc) is 2.92. The molecule has 2 rings (SSSR count). The van der Waals surface area contributed by atoms with E-state index in [1.165, 1.54) is 44.7 Å². The fourth-order valence-corrected chi connectivity index (χ4v) is 3.20. The normalized spacial score (nSPS) is 14.0. The zero-order valence-electron chi connectivity index (χ0n) is 24.1. The minimum absolute atomic E-state index is 0.529. The van der Waals surface area contributed by atoms with E-state index >= 15 is 0 Å². The summed E-state index contributed by atoms with van der Waals surface area (Å²) in [7, 11) is 6.58. The Hall–Kier alpha value is -4.86. The van der Waals surface area contributed by atoms with E-state index in [4.69, 9.17) is 30.6 Å². The molecule has 1 aliphatic rings. The number of carboxylic acids is 6. The second-order valence-corrected chi connectivity index (χ2v) is 8.85. The molecule has 15 nitrogen and oxygen atoms in total. The van der Waals surface area contributed by atoms with E-state index in [1.54, 1.807) is 0 Å². The predicted octanol–water partition coefficient (Wildman–Crippen LogP) is 1.06. The summed E-state index contributed by atoms with van der Waals surface area (Å²) in [6, 6.07) is 11.4. The predicted molar refractivity (Wildman–Crippen MR) is 155 cm³/mol. The molecule has 0 radical (unpaired) electrons. The molecule has 238 valence electrons. The van der Waals surface area contributed by atoms with Crippen LogP contribution in [0.1, 0.15) is 18.0 Å². The maximum atomic E-state index is 9.55. The summed E-state index contributed by atoms with van der Waals surface area (Å²) in [4.78, 5) is 64.7. The van der Waals surface area contributed by atoms with E-state index < -0.39 is 35.8 Å². The molecule has 1 unspecified atom stereocenters. The van der Waals surface area contributed by atoms with Crippen molar-refractivity contribution in [1.29, 1.82) is 0 Å². The van der Waals surface area contributed by atoms with Gasteiger partial charge in [0, 0.05) is 75.2 Å². The summed E-state index contributed by atoms with van der Waals surface area (Å²) in [6.07, 6.45) is 4.56. The Morgan fingerprint density at radius 2 is 0.977 bits per heavy atom. The number of hydrogen-bond acceptors (Lipinski definition) is 9. The van der Waals surface area contributed by atoms with Crippen molar-refractivity contribution in [2.45, 2.75) is 12.5 Å². The van der Waals surface area contributed by atoms with Gasteiger partial charge in [0.1, 0.15) is 0 Å². The van der Waals surface area contributed by atoms with Crippen LogP contribution >= 0.6 is 0 Å². The molecule has 1 aromatic rings. The first-order chi connectivity index (χ1) is 20.0. The molecule has 1 fully saturated rings. The Labute approximate surface area is 248 Å². The highest BCUT2D eigenvalue weighted by Gasteiger charge is 2.18. The number of hydrogen-bond donors (Lipinski definition) is 6. The summed E-state index contributed by atoms with van der Waals surface area (Å²) < 4.78 is 0. The molecule has 43 heavy (non-hydrogen) atoms. The molecule has 1 atom stereocenters. The minimum atomic E-state index is -1.26. The molecule has 0 aliphatic carbocycles. The molecule has 1 saturated heterocycles. The number of carbonyl (C=O) groups is 6. The first-order valence-corrected chi connectivity index (χ1v) is 12.6. The SMILES string of the molecule is CN1CCN(CCC(c2ccccc2)N(C)C)CC1.O=C(O)C=CC(=O)O.O=C(O)C=CC(=O)O.O=C(O)C=CC(=O)O. The highest BCUT2D eigenvalue weighted by molar-refractivity contribution is 5.90. The van der Waals surface area contributed by atoms with Crippen LogP contribution in [0.4, 0.5) is 0 Å². The lowest BCUT2D eigenvalue weighted by molar-refractivity contribution is -0.134. The molecule has 6 N–H and O–H groups in total. The maximum Gasteiger partial charge on any atom is 0.328 e. The molecule has 1 aromatic carbocycles. The lowest BCUT2D eigenvalue weighted by atomic mass is 10.0. The second-order valence-electron chi connectivity index (χ2n) is 8.85. The van der Waals surface area contributed by atoms with Gasteiger partial charge in [-0.05, 0) is 33.1 Å². The van der Waals surface area contributed by atoms with Gasteiger partial charge in [0.15, 0.2) is 0 Å². The van der Waals surface area contributed by atoms with Crippen LogP contribution < -0.4 is 0 Å². The quantitative estimate of drug-likeness (QED) is 0.192. The molecule has 0 bridgehead atoms. The van der Waals surface area contributed by atoms with Crippen molar-refractivity contribution in [1.82, 2.24) is 14.7 Å². The third kappa shape index (κ3) is 27.1. The van der Waals surface area contributed by atoms with Gasteiger partial charge in [-0.15, -0.1) is 0 Å². The third-order valence-electron chi connectivity index (χ3n) is 5.23. The van der Waals surface area contributed by atoms with Crippen LogP contribution in [0.3, 0.4) is 0 Å². The van der Waals surface area contributed by atoms with Crippen LogP contribution in [0.15, 0.2) is 66.8 Å². The van der Waals surface area contributed by atoms with Gasteiger partial charge >= 0.3 is 35.8 Å². The van der Waals surface area contributed by atoms with Crippen molar-refractivity contribution < 1.29 is 59.4 Å². The van der Waals surface area contributed by atoms with Gasteiger partial charge in [-0.3, -0.25) is 0 Å². The molecular formula is C28H39N3O12. The minimum Gasteiger partial charge on any atom is -0.478 e. The number of aliphatic carboxylic acids is 6. The Morgan fingerprint density at radius 3 is 1.26 bits per heavy atom. The zero-order valence-corrected chi connectivity index (χ0v) is 24.1. The highest BCUT2D eigenvalue weighted by Crippen LogP contribution is 2.22. The molecule has 0 amide bonds. The van der Waals surface area contributed by atoms with Crippen molar-refractivity contribution in [3.8, 4) is 0 Å². The molecule has 0 aromatic heterocycles. The average molecular weight is 610 g/mol. The number of nitrogens with zero attached hydrogens (tertiary/aromatic N) is 3. The lowest BCUT2D eigenvalue weighted by Gasteiger charge is -2.34. The molecule has 0 saturated carbocycles. The van der Waals surface area contributed by atoms with Gasteiger partial charge in [-0.25, -0.2) is 28.8 Å². The highest BCUT2D eigenvalue weighted by atomic mass is 16.4. The smallest absolute Gasteiger partial charge is 0.328 e. The van der Waals surface area contributed by atoms with E-state index in [2.05, 4.69) is 66.2 Å². The van der Waals surface area contributed by atoms with Crippen LogP contribution in [0.2, 0.25) is 0 Å². The van der Waals surface area contributed by atoms with Crippen molar-refractivity contribution in [2.75, 3.05) is 53.9 Å². The van der Waals surface area contributed by atoms with Crippen LogP contribution in [-0.2, 0) is 28.8 Å². The number of benzene rings is 1. The zero-order chi connectivity index (χ0) is 33.4. The first kappa shape index (κ1) is 40.3. The van der Waals surface area contributed by atoms with Gasteiger partial charge in [-0.1, -0.05) is 30.3 Å². The summed E-state index contributed by atoms with van der Waals surface area (Å²) in [5.41, 5.74) is 1.43. The van der Waals surface area contributed by atoms with Crippen molar-refractivity contribution >= 4 is 35.8 Å². The fraction of sp³-hybridized carbons (Fsp3) is 0.357. The topological polar surface area (TPSA) is 234 Å². The monoisotopic (exact) mass is 609 g/mol. The van der Waals surface area contributed by atoms with Crippen molar-refractivity contribution in [3.05, 3.63) is 72.4 Å². The van der Waals surface area contributed by atoms with E-state index in [1.807, 2.05) is 0 Å². The third-order valence-corrected chi connectivity index (χ3v) is 5.23. The van der Waals surface area contributed by atoms with E-state index in [0.717, 1.165) is 0 Å². The Kier molecular flexibility index (Phi) is 22.3. The molecular weight excluding hydrogens is 570 g/mol. The number of rotatable bonds is 11. The summed E-state index contributed by atoms with van der Waals surface area (Å²) >= 11 is 0. The molecule has 15 heteroatoms. The maximum absolute atomic E-state index is 9.55. The summed E-state index contributed by atoms with van der Waals surface area (Å²) in [6.45, 7) is 6.04. The van der Waals surface area contributed by atoms with Gasteiger partial charge < -0.3 is 45.3 Å². The van der Waals surface area contributed by atoms with Gasteiger partial charge in [0.25, 0.3) is 0 Å². The van der Waals surface area contributed by atoms with E-state index in [-0.39, 0.29) is 0 Å². The van der Waals surface area contributed by atoms with E-state index in [0.29, 0.717) is 42.5 Å². The Balaban J connectivity index is 0. The molecule has 1 heterocycles. The van der Waals surface area contributed by atoms with Crippen LogP contribution in [-0.4, -0.2) is 135 Å². The van der Waals surface area contributed by atoms with Crippen LogP contribution in [0, 0.1) is 0 Å². The van der Waals surface area contributed by atoms with Gasteiger partial charge in [0.2, 0.25) is 0 Å². The fourth-order valence-electron chi connectivity index (χ4n) is 3.20. The largest absolute Gasteiger partial charge is 0.478 e. The molecule has 1 aliphatic heterocycles. The van der Waals surface area contributed by atoms with Crippen molar-refractivity contribution in [3.63, 3.8) is 0 Å². The first-order valence-electron chi connectivity index (χ1n) is 12.6. The summed E-state index contributed by atoms with van der Waals surface area (Å²) in [5, 5.41) is 46.9. The number of carboxylic acid groups (broad SMARTS) is 6. The molecule has 0 spiro atoms. The van der Waals surface area contributed by atoms with E-state index in [9.17, 15) is 28.8 Å². The Morgan fingerprint density at radius 1 is 0.651 bits per heavy atom. The number of likely N-dealkylation sites (N-methyl/N-ethyl adjacent to an activating group) is 1. The van der Waals surface area contributed by atoms with Gasteiger partial charge in [-0.2, -0.15) is 0 Å². The second kappa shape index (κ2) is 23.8. The Bertz CT molecular complexity index is 980. The van der Waals surface area contributed by atoms with Crippen LogP contribution in [0.5, 0.6) is 0 Å².